The van der Waals surface area contributed by atoms with E-state index in [0.29, 0.717) is 17.3 Å². The van der Waals surface area contributed by atoms with E-state index >= 15 is 0 Å². The zero-order valence-electron chi connectivity index (χ0n) is 16.9. The molecule has 2 aromatic rings. The molecule has 146 valence electrons. The maximum absolute atomic E-state index is 14.7. The van der Waals surface area contributed by atoms with Gasteiger partial charge >= 0.3 is 0 Å². The summed E-state index contributed by atoms with van der Waals surface area (Å²) >= 11 is 0. The highest BCUT2D eigenvalue weighted by Crippen LogP contribution is 2.36. The SMILES string of the molecule is CCCCc1ccc(-c2cnc([C@H]3CC[C@H](CCCC)CC3)nc2F)cc1. The molecule has 1 aliphatic carbocycles. The fourth-order valence-corrected chi connectivity index (χ4v) is 4.20. The van der Waals surface area contributed by atoms with Gasteiger partial charge in [0.25, 0.3) is 0 Å². The minimum Gasteiger partial charge on any atom is -0.240 e. The number of benzene rings is 1. The zero-order chi connectivity index (χ0) is 19.1. The molecule has 0 bridgehead atoms. The van der Waals surface area contributed by atoms with Crippen LogP contribution >= 0.6 is 0 Å². The normalized spacial score (nSPS) is 20.0. The molecule has 27 heavy (non-hydrogen) atoms. The highest BCUT2D eigenvalue weighted by Gasteiger charge is 2.24. The van der Waals surface area contributed by atoms with Crippen molar-refractivity contribution in [2.24, 2.45) is 5.92 Å². The Labute approximate surface area is 163 Å². The van der Waals surface area contributed by atoms with Gasteiger partial charge in [-0.15, -0.1) is 0 Å². The first-order chi connectivity index (χ1) is 13.2. The molecule has 1 heterocycles. The Kier molecular flexibility index (Phi) is 7.37. The van der Waals surface area contributed by atoms with E-state index in [-0.39, 0.29) is 5.95 Å². The van der Waals surface area contributed by atoms with Gasteiger partial charge in [0.2, 0.25) is 5.95 Å². The summed E-state index contributed by atoms with van der Waals surface area (Å²) in [6, 6.07) is 8.17. The maximum Gasteiger partial charge on any atom is 0.224 e. The molecule has 0 spiro atoms. The van der Waals surface area contributed by atoms with Crippen molar-refractivity contribution in [1.82, 2.24) is 9.97 Å². The molecule has 3 heteroatoms. The van der Waals surface area contributed by atoms with Crippen LogP contribution in [0.4, 0.5) is 4.39 Å². The van der Waals surface area contributed by atoms with Crippen LogP contribution in [0, 0.1) is 11.9 Å². The van der Waals surface area contributed by atoms with Gasteiger partial charge in [0, 0.05) is 12.1 Å². The van der Waals surface area contributed by atoms with Crippen LogP contribution in [0.5, 0.6) is 0 Å². The first-order valence-electron chi connectivity index (χ1n) is 10.8. The Morgan fingerprint density at radius 3 is 2.30 bits per heavy atom. The number of hydrogen-bond acceptors (Lipinski definition) is 2. The van der Waals surface area contributed by atoms with Crippen molar-refractivity contribution in [3.8, 4) is 11.1 Å². The first kappa shape index (κ1) is 20.0. The number of hydrogen-bond donors (Lipinski definition) is 0. The van der Waals surface area contributed by atoms with E-state index in [4.69, 9.17) is 0 Å². The summed E-state index contributed by atoms with van der Waals surface area (Å²) in [5, 5.41) is 0. The van der Waals surface area contributed by atoms with Crippen molar-refractivity contribution in [2.45, 2.75) is 84.0 Å². The van der Waals surface area contributed by atoms with E-state index in [9.17, 15) is 4.39 Å². The third-order valence-corrected chi connectivity index (χ3v) is 6.02. The summed E-state index contributed by atoms with van der Waals surface area (Å²) < 4.78 is 14.7. The lowest BCUT2D eigenvalue weighted by atomic mass is 9.79. The van der Waals surface area contributed by atoms with Gasteiger partial charge in [0.15, 0.2) is 0 Å². The van der Waals surface area contributed by atoms with Gasteiger partial charge in [-0.05, 0) is 55.6 Å². The van der Waals surface area contributed by atoms with Crippen LogP contribution in [0.25, 0.3) is 11.1 Å². The quantitative estimate of drug-likeness (QED) is 0.465. The average molecular weight is 369 g/mol. The summed E-state index contributed by atoms with van der Waals surface area (Å²) in [5.41, 5.74) is 2.68. The number of halogens is 1. The second-order valence-corrected chi connectivity index (χ2v) is 8.09. The minimum atomic E-state index is -0.380. The van der Waals surface area contributed by atoms with E-state index in [1.807, 2.05) is 12.1 Å². The number of aromatic nitrogens is 2. The van der Waals surface area contributed by atoms with Crippen LogP contribution in [0.15, 0.2) is 30.5 Å². The van der Waals surface area contributed by atoms with E-state index in [0.717, 1.165) is 30.7 Å². The predicted molar refractivity (Wildman–Crippen MR) is 110 cm³/mol. The molecular formula is C24H33FN2. The monoisotopic (exact) mass is 368 g/mol. The van der Waals surface area contributed by atoms with E-state index in [2.05, 4.69) is 35.9 Å². The lowest BCUT2D eigenvalue weighted by Gasteiger charge is -2.27. The molecule has 1 aromatic heterocycles. The van der Waals surface area contributed by atoms with Crippen LogP contribution in [-0.4, -0.2) is 9.97 Å². The number of nitrogens with zero attached hydrogens (tertiary/aromatic N) is 2. The average Bonchev–Trinajstić information content (AvgIpc) is 2.71. The molecule has 1 aliphatic rings. The Balaban J connectivity index is 1.64. The van der Waals surface area contributed by atoms with Gasteiger partial charge in [0.1, 0.15) is 5.82 Å². The number of rotatable bonds is 8. The van der Waals surface area contributed by atoms with Crippen LogP contribution in [0.3, 0.4) is 0 Å². The molecule has 1 fully saturated rings. The summed E-state index contributed by atoms with van der Waals surface area (Å²) in [7, 11) is 0. The molecule has 2 nitrogen and oxygen atoms in total. The molecule has 0 radical (unpaired) electrons. The van der Waals surface area contributed by atoms with Gasteiger partial charge < -0.3 is 0 Å². The van der Waals surface area contributed by atoms with Crippen molar-refractivity contribution >= 4 is 0 Å². The number of unbranched alkanes of at least 4 members (excludes halogenated alkanes) is 2. The summed E-state index contributed by atoms with van der Waals surface area (Å²) in [4.78, 5) is 8.80. The third kappa shape index (κ3) is 5.37. The predicted octanol–water partition coefficient (Wildman–Crippen LogP) is 7.09. The Bertz CT molecular complexity index is 703. The van der Waals surface area contributed by atoms with Gasteiger partial charge in [-0.1, -0.05) is 63.8 Å². The molecule has 0 saturated heterocycles. The Morgan fingerprint density at radius 2 is 1.67 bits per heavy atom. The molecule has 1 saturated carbocycles. The molecule has 0 aliphatic heterocycles. The highest BCUT2D eigenvalue weighted by atomic mass is 19.1. The van der Waals surface area contributed by atoms with Crippen molar-refractivity contribution in [1.29, 1.82) is 0 Å². The lowest BCUT2D eigenvalue weighted by molar-refractivity contribution is 0.297. The molecule has 0 unspecified atom stereocenters. The van der Waals surface area contributed by atoms with Crippen LogP contribution in [0.1, 0.15) is 88.9 Å². The summed E-state index contributed by atoms with van der Waals surface area (Å²) in [6.07, 6.45) is 13.7. The highest BCUT2D eigenvalue weighted by molar-refractivity contribution is 5.62. The fraction of sp³-hybridized carbons (Fsp3) is 0.583. The molecule has 0 N–H and O–H groups in total. The third-order valence-electron chi connectivity index (χ3n) is 6.02. The molecule has 1 aromatic carbocycles. The van der Waals surface area contributed by atoms with E-state index < -0.39 is 0 Å². The van der Waals surface area contributed by atoms with Crippen LogP contribution < -0.4 is 0 Å². The second-order valence-electron chi connectivity index (χ2n) is 8.09. The minimum absolute atomic E-state index is 0.322. The number of aryl methyl sites for hydroxylation is 1. The molecule has 3 rings (SSSR count). The summed E-state index contributed by atoms with van der Waals surface area (Å²) in [5.74, 6) is 1.48. The molecule has 0 amide bonds. The van der Waals surface area contributed by atoms with E-state index in [1.165, 1.54) is 50.5 Å². The first-order valence-corrected chi connectivity index (χ1v) is 10.8. The van der Waals surface area contributed by atoms with Crippen LogP contribution in [-0.2, 0) is 6.42 Å². The van der Waals surface area contributed by atoms with Gasteiger partial charge in [-0.25, -0.2) is 9.97 Å². The zero-order valence-corrected chi connectivity index (χ0v) is 16.9. The van der Waals surface area contributed by atoms with Crippen molar-refractivity contribution in [3.63, 3.8) is 0 Å². The Morgan fingerprint density at radius 1 is 0.963 bits per heavy atom. The lowest BCUT2D eigenvalue weighted by Crippen LogP contribution is -2.16. The standard InChI is InChI=1S/C24H33FN2/c1-3-5-7-18-9-13-20(14-10-18)22-17-26-24(27-23(22)25)21-15-11-19(12-16-21)8-6-4-2/h9-10,13-14,17,19,21H,3-8,11-12,15-16H2,1-2H3/t19-,21-. The maximum atomic E-state index is 14.7. The van der Waals surface area contributed by atoms with Crippen LogP contribution in [0.2, 0.25) is 0 Å². The summed E-state index contributed by atoms with van der Waals surface area (Å²) in [6.45, 7) is 4.45. The fourth-order valence-electron chi connectivity index (χ4n) is 4.20. The van der Waals surface area contributed by atoms with E-state index in [1.54, 1.807) is 6.20 Å². The second kappa shape index (κ2) is 9.96. The molecular weight excluding hydrogens is 335 g/mol. The van der Waals surface area contributed by atoms with Crippen molar-refractivity contribution in [2.75, 3.05) is 0 Å². The van der Waals surface area contributed by atoms with Gasteiger partial charge in [-0.3, -0.25) is 0 Å². The van der Waals surface area contributed by atoms with Crippen molar-refractivity contribution in [3.05, 3.63) is 47.8 Å². The van der Waals surface area contributed by atoms with Gasteiger partial charge in [-0.2, -0.15) is 4.39 Å². The topological polar surface area (TPSA) is 25.8 Å². The van der Waals surface area contributed by atoms with Crippen molar-refractivity contribution < 1.29 is 4.39 Å². The smallest absolute Gasteiger partial charge is 0.224 e. The Hall–Kier alpha value is -1.77. The molecule has 0 atom stereocenters. The van der Waals surface area contributed by atoms with Gasteiger partial charge in [0.05, 0.1) is 5.56 Å². The largest absolute Gasteiger partial charge is 0.240 e.